The monoisotopic (exact) mass is 405 g/mol. The van der Waals surface area contributed by atoms with Crippen LogP contribution in [0.1, 0.15) is 40.0 Å². The van der Waals surface area contributed by atoms with Gasteiger partial charge in [0.05, 0.1) is 25.7 Å². The molecule has 0 radical (unpaired) electrons. The third kappa shape index (κ3) is 7.29. The van der Waals surface area contributed by atoms with Crippen molar-refractivity contribution >= 4 is 23.5 Å². The van der Waals surface area contributed by atoms with E-state index in [1.807, 2.05) is 45.0 Å². The fourth-order valence-electron chi connectivity index (χ4n) is 2.99. The van der Waals surface area contributed by atoms with Crippen LogP contribution in [0.2, 0.25) is 0 Å². The number of unbranched alkanes of at least 4 members (excludes halogenated alkanes) is 1. The minimum atomic E-state index is -0.845. The number of carbonyl (C=O) groups excluding carboxylic acids is 3. The molecule has 1 aliphatic rings. The van der Waals surface area contributed by atoms with Crippen LogP contribution in [-0.2, 0) is 19.1 Å². The summed E-state index contributed by atoms with van der Waals surface area (Å²) in [6, 6.07) is 6.50. The van der Waals surface area contributed by atoms with Gasteiger partial charge in [-0.15, -0.1) is 0 Å². The molecule has 29 heavy (non-hydrogen) atoms. The molecule has 0 aromatic heterocycles. The van der Waals surface area contributed by atoms with Gasteiger partial charge >= 0.3 is 5.97 Å². The van der Waals surface area contributed by atoms with Crippen LogP contribution in [0.5, 0.6) is 5.75 Å². The van der Waals surface area contributed by atoms with Crippen LogP contribution in [0, 0.1) is 0 Å². The summed E-state index contributed by atoms with van der Waals surface area (Å²) in [5.74, 6) is -0.335. The van der Waals surface area contributed by atoms with Crippen molar-refractivity contribution in [2.75, 3.05) is 31.6 Å². The van der Waals surface area contributed by atoms with Gasteiger partial charge in [0.15, 0.2) is 0 Å². The number of rotatable bonds is 10. The Hall–Kier alpha value is -2.77. The fraction of sp³-hybridized carbons (Fsp3) is 0.571. The molecule has 160 valence electrons. The van der Waals surface area contributed by atoms with Gasteiger partial charge in [-0.1, -0.05) is 19.4 Å². The zero-order valence-electron chi connectivity index (χ0n) is 17.4. The normalized spacial score (nSPS) is 16.3. The number of esters is 1. The molecular formula is C21H31N3O5. The van der Waals surface area contributed by atoms with Crippen molar-refractivity contribution in [2.24, 2.45) is 0 Å². The van der Waals surface area contributed by atoms with Gasteiger partial charge in [-0.2, -0.15) is 0 Å². The number of benzene rings is 1. The highest BCUT2D eigenvalue weighted by Crippen LogP contribution is 2.19. The first kappa shape index (κ1) is 22.5. The number of nitrogens with one attached hydrogen (secondary N) is 2. The summed E-state index contributed by atoms with van der Waals surface area (Å²) >= 11 is 0. The van der Waals surface area contributed by atoms with E-state index in [9.17, 15) is 14.4 Å². The molecule has 1 saturated heterocycles. The van der Waals surface area contributed by atoms with Crippen molar-refractivity contribution in [3.05, 3.63) is 24.3 Å². The molecule has 1 atom stereocenters. The molecule has 1 aliphatic heterocycles. The molecule has 0 saturated carbocycles. The molecule has 1 fully saturated rings. The molecule has 8 heteroatoms. The summed E-state index contributed by atoms with van der Waals surface area (Å²) in [7, 11) is 0. The predicted octanol–water partition coefficient (Wildman–Crippen LogP) is 1.95. The molecule has 0 aliphatic carbocycles. The number of hydrogen-bond donors (Lipinski definition) is 2. The Morgan fingerprint density at radius 3 is 2.86 bits per heavy atom. The van der Waals surface area contributed by atoms with E-state index in [1.165, 1.54) is 4.90 Å². The second kappa shape index (κ2) is 11.3. The lowest BCUT2D eigenvalue weighted by Gasteiger charge is -2.34. The number of amides is 2. The zero-order chi connectivity index (χ0) is 21.2. The van der Waals surface area contributed by atoms with Gasteiger partial charge < -0.3 is 25.0 Å². The SMILES string of the molecule is CCCCOC(=O)CC1C(=O)NCCN1C(=O)CNc1cccc(OC(C)C)c1. The van der Waals surface area contributed by atoms with E-state index in [0.29, 0.717) is 25.4 Å². The van der Waals surface area contributed by atoms with Crippen LogP contribution in [0.3, 0.4) is 0 Å². The molecule has 0 bridgehead atoms. The molecule has 1 unspecified atom stereocenters. The van der Waals surface area contributed by atoms with Crippen LogP contribution in [-0.4, -0.2) is 61.1 Å². The summed E-state index contributed by atoms with van der Waals surface area (Å²) in [4.78, 5) is 38.5. The lowest BCUT2D eigenvalue weighted by Crippen LogP contribution is -2.58. The van der Waals surface area contributed by atoms with Gasteiger partial charge in [-0.3, -0.25) is 14.4 Å². The van der Waals surface area contributed by atoms with Crippen molar-refractivity contribution in [1.82, 2.24) is 10.2 Å². The largest absolute Gasteiger partial charge is 0.491 e. The average Bonchev–Trinajstić information content (AvgIpc) is 2.67. The van der Waals surface area contributed by atoms with Gasteiger partial charge in [-0.05, 0) is 32.4 Å². The van der Waals surface area contributed by atoms with Gasteiger partial charge in [-0.25, -0.2) is 0 Å². The maximum atomic E-state index is 12.7. The molecule has 1 aromatic carbocycles. The van der Waals surface area contributed by atoms with Gasteiger partial charge in [0.2, 0.25) is 11.8 Å². The first-order valence-corrected chi connectivity index (χ1v) is 10.1. The number of anilines is 1. The summed E-state index contributed by atoms with van der Waals surface area (Å²) in [6.45, 7) is 6.95. The number of carbonyl (C=O) groups is 3. The smallest absolute Gasteiger partial charge is 0.308 e. The Balaban J connectivity index is 1.94. The predicted molar refractivity (Wildman–Crippen MR) is 110 cm³/mol. The van der Waals surface area contributed by atoms with E-state index in [-0.39, 0.29) is 30.9 Å². The van der Waals surface area contributed by atoms with E-state index < -0.39 is 12.0 Å². The number of ether oxygens (including phenoxy) is 2. The number of hydrogen-bond acceptors (Lipinski definition) is 6. The third-order valence-corrected chi connectivity index (χ3v) is 4.42. The molecule has 2 amide bonds. The second-order valence-corrected chi connectivity index (χ2v) is 7.22. The van der Waals surface area contributed by atoms with Crippen molar-refractivity contribution in [3.8, 4) is 5.75 Å². The lowest BCUT2D eigenvalue weighted by molar-refractivity contribution is -0.151. The van der Waals surface area contributed by atoms with E-state index in [2.05, 4.69) is 10.6 Å². The van der Waals surface area contributed by atoms with E-state index in [1.54, 1.807) is 0 Å². The quantitative estimate of drug-likeness (QED) is 0.456. The Bertz CT molecular complexity index is 707. The second-order valence-electron chi connectivity index (χ2n) is 7.22. The van der Waals surface area contributed by atoms with Gasteiger partial charge in [0.1, 0.15) is 11.8 Å². The third-order valence-electron chi connectivity index (χ3n) is 4.42. The molecule has 2 N–H and O–H groups in total. The van der Waals surface area contributed by atoms with E-state index >= 15 is 0 Å². The molecule has 1 aromatic rings. The Morgan fingerprint density at radius 1 is 1.34 bits per heavy atom. The molecule has 0 spiro atoms. The van der Waals surface area contributed by atoms with E-state index in [0.717, 1.165) is 18.5 Å². The molecule has 2 rings (SSSR count). The lowest BCUT2D eigenvalue weighted by atomic mass is 10.1. The Labute approximate surface area is 171 Å². The number of piperazine rings is 1. The highest BCUT2D eigenvalue weighted by molar-refractivity contribution is 5.93. The summed E-state index contributed by atoms with van der Waals surface area (Å²) in [6.07, 6.45) is 1.60. The van der Waals surface area contributed by atoms with Crippen LogP contribution in [0.15, 0.2) is 24.3 Å². The fourth-order valence-corrected chi connectivity index (χ4v) is 2.99. The highest BCUT2D eigenvalue weighted by atomic mass is 16.5. The van der Waals surface area contributed by atoms with Gasteiger partial charge in [0, 0.05) is 24.8 Å². The Morgan fingerprint density at radius 2 is 2.14 bits per heavy atom. The van der Waals surface area contributed by atoms with Crippen LogP contribution in [0.4, 0.5) is 5.69 Å². The standard InChI is InChI=1S/C21H31N3O5/c1-4-5-11-28-20(26)13-18-21(27)22-9-10-24(18)19(25)14-23-16-7-6-8-17(12-16)29-15(2)3/h6-8,12,15,18,23H,4-5,9-11,13-14H2,1-3H3,(H,22,27). The minimum absolute atomic E-state index is 0.0137. The van der Waals surface area contributed by atoms with Crippen molar-refractivity contribution in [2.45, 2.75) is 52.2 Å². The van der Waals surface area contributed by atoms with Crippen LogP contribution >= 0.6 is 0 Å². The Kier molecular flexibility index (Phi) is 8.76. The van der Waals surface area contributed by atoms with Crippen molar-refractivity contribution in [1.29, 1.82) is 0 Å². The maximum absolute atomic E-state index is 12.7. The number of nitrogens with zero attached hydrogens (tertiary/aromatic N) is 1. The van der Waals surface area contributed by atoms with E-state index in [4.69, 9.17) is 9.47 Å². The molecule has 1 heterocycles. The first-order chi connectivity index (χ1) is 13.9. The highest BCUT2D eigenvalue weighted by Gasteiger charge is 2.34. The van der Waals surface area contributed by atoms with Crippen LogP contribution < -0.4 is 15.4 Å². The topological polar surface area (TPSA) is 97.0 Å². The molecular weight excluding hydrogens is 374 g/mol. The maximum Gasteiger partial charge on any atom is 0.308 e. The summed E-state index contributed by atoms with van der Waals surface area (Å²) in [5, 5.41) is 5.78. The molecule has 8 nitrogen and oxygen atoms in total. The van der Waals surface area contributed by atoms with Gasteiger partial charge in [0.25, 0.3) is 0 Å². The van der Waals surface area contributed by atoms with Crippen molar-refractivity contribution in [3.63, 3.8) is 0 Å². The van der Waals surface area contributed by atoms with Crippen LogP contribution in [0.25, 0.3) is 0 Å². The zero-order valence-corrected chi connectivity index (χ0v) is 17.4. The summed E-state index contributed by atoms with van der Waals surface area (Å²) in [5.41, 5.74) is 0.744. The van der Waals surface area contributed by atoms with Crippen molar-refractivity contribution < 1.29 is 23.9 Å². The average molecular weight is 405 g/mol. The first-order valence-electron chi connectivity index (χ1n) is 10.1. The summed E-state index contributed by atoms with van der Waals surface area (Å²) < 4.78 is 10.8. The minimum Gasteiger partial charge on any atom is -0.491 e.